The van der Waals surface area contributed by atoms with Gasteiger partial charge >= 0.3 is 5.69 Å². The molecule has 0 spiro atoms. The standard InChI is InChI=1S/C21H18BrFN4O4/c1-2-30-19-10-15(12-25-26-21-18(27(28)29)4-3-9-24-21)17(22)11-20(19)31-13-14-5-7-16(23)8-6-14/h3-12H,2,13H2,1H3,(H,24,26)/b25-12-. The molecule has 0 unspecified atom stereocenters. The normalized spacial score (nSPS) is 10.8. The van der Waals surface area contributed by atoms with Crippen molar-refractivity contribution in [2.45, 2.75) is 13.5 Å². The summed E-state index contributed by atoms with van der Waals surface area (Å²) in [6, 6.07) is 12.3. The van der Waals surface area contributed by atoms with Gasteiger partial charge in [0.25, 0.3) is 0 Å². The van der Waals surface area contributed by atoms with Crippen molar-refractivity contribution >= 4 is 33.6 Å². The third-order valence-electron chi connectivity index (χ3n) is 4.03. The molecule has 0 amide bonds. The van der Waals surface area contributed by atoms with Gasteiger partial charge in [-0.1, -0.05) is 12.1 Å². The number of halogens is 2. The Morgan fingerprint density at radius 3 is 2.68 bits per heavy atom. The molecule has 0 saturated carbocycles. The number of pyridine rings is 1. The quantitative estimate of drug-likeness (QED) is 0.248. The monoisotopic (exact) mass is 488 g/mol. The molecule has 1 aromatic heterocycles. The molecular weight excluding hydrogens is 471 g/mol. The first-order chi connectivity index (χ1) is 15.0. The summed E-state index contributed by atoms with van der Waals surface area (Å²) in [5.41, 5.74) is 3.87. The molecule has 0 radical (unpaired) electrons. The van der Waals surface area contributed by atoms with E-state index in [4.69, 9.17) is 9.47 Å². The summed E-state index contributed by atoms with van der Waals surface area (Å²) in [4.78, 5) is 14.4. The Morgan fingerprint density at radius 1 is 1.23 bits per heavy atom. The predicted molar refractivity (Wildman–Crippen MR) is 118 cm³/mol. The van der Waals surface area contributed by atoms with Crippen molar-refractivity contribution in [1.82, 2.24) is 4.98 Å². The summed E-state index contributed by atoms with van der Waals surface area (Å²) >= 11 is 3.46. The molecular formula is C21H18BrFN4O4. The highest BCUT2D eigenvalue weighted by atomic mass is 79.9. The molecule has 0 aliphatic heterocycles. The molecule has 1 heterocycles. The Balaban J connectivity index is 1.77. The van der Waals surface area contributed by atoms with Gasteiger partial charge in [-0.3, -0.25) is 15.5 Å². The fraction of sp³-hybridized carbons (Fsp3) is 0.143. The van der Waals surface area contributed by atoms with E-state index >= 15 is 0 Å². The van der Waals surface area contributed by atoms with Crippen LogP contribution in [-0.2, 0) is 6.61 Å². The third-order valence-corrected chi connectivity index (χ3v) is 4.71. The lowest BCUT2D eigenvalue weighted by molar-refractivity contribution is -0.384. The van der Waals surface area contributed by atoms with Crippen molar-refractivity contribution in [3.8, 4) is 11.5 Å². The average Bonchev–Trinajstić information content (AvgIpc) is 2.76. The van der Waals surface area contributed by atoms with Crippen LogP contribution in [0.1, 0.15) is 18.1 Å². The molecule has 1 N–H and O–H groups in total. The van der Waals surface area contributed by atoms with E-state index in [0.717, 1.165) is 5.56 Å². The number of hydrogen-bond donors (Lipinski definition) is 1. The second kappa shape index (κ2) is 10.5. The molecule has 10 heteroatoms. The summed E-state index contributed by atoms with van der Waals surface area (Å²) < 4.78 is 25.2. The number of nitrogens with one attached hydrogen (secondary N) is 1. The molecule has 3 rings (SSSR count). The minimum Gasteiger partial charge on any atom is -0.490 e. The van der Waals surface area contributed by atoms with E-state index in [9.17, 15) is 14.5 Å². The van der Waals surface area contributed by atoms with Crippen LogP contribution in [0.4, 0.5) is 15.9 Å². The maximum Gasteiger partial charge on any atom is 0.313 e. The van der Waals surface area contributed by atoms with Crippen LogP contribution in [0.3, 0.4) is 0 Å². The number of rotatable bonds is 9. The molecule has 0 aliphatic carbocycles. The van der Waals surface area contributed by atoms with Gasteiger partial charge in [0.15, 0.2) is 11.5 Å². The Bertz CT molecular complexity index is 1090. The lowest BCUT2D eigenvalue weighted by atomic mass is 10.2. The first kappa shape index (κ1) is 22.2. The zero-order valence-corrected chi connectivity index (χ0v) is 18.0. The van der Waals surface area contributed by atoms with E-state index < -0.39 is 4.92 Å². The number of hydrazone groups is 1. The Morgan fingerprint density at radius 2 is 1.97 bits per heavy atom. The van der Waals surface area contributed by atoms with Gasteiger partial charge in [-0.05, 0) is 58.7 Å². The van der Waals surface area contributed by atoms with Gasteiger partial charge in [0.1, 0.15) is 12.4 Å². The molecule has 3 aromatic rings. The summed E-state index contributed by atoms with van der Waals surface area (Å²) in [7, 11) is 0. The maximum atomic E-state index is 13.1. The van der Waals surface area contributed by atoms with Crippen LogP contribution in [0.2, 0.25) is 0 Å². The van der Waals surface area contributed by atoms with E-state index in [-0.39, 0.29) is 23.9 Å². The summed E-state index contributed by atoms with van der Waals surface area (Å²) in [5, 5.41) is 15.1. The topological polar surface area (TPSA) is 98.9 Å². The van der Waals surface area contributed by atoms with Crippen molar-refractivity contribution in [3.63, 3.8) is 0 Å². The summed E-state index contributed by atoms with van der Waals surface area (Å²) in [5.74, 6) is 0.723. The van der Waals surface area contributed by atoms with Gasteiger partial charge in [-0.2, -0.15) is 5.10 Å². The number of ether oxygens (including phenoxy) is 2. The number of aromatic nitrogens is 1. The van der Waals surface area contributed by atoms with Crippen LogP contribution in [-0.4, -0.2) is 22.7 Å². The Labute approximate surface area is 186 Å². The summed E-state index contributed by atoms with van der Waals surface area (Å²) in [6.07, 6.45) is 2.91. The van der Waals surface area contributed by atoms with Gasteiger partial charge < -0.3 is 9.47 Å². The molecule has 0 bridgehead atoms. The second-order valence-corrected chi connectivity index (χ2v) is 7.02. The van der Waals surface area contributed by atoms with Gasteiger partial charge in [0.05, 0.1) is 17.7 Å². The lowest BCUT2D eigenvalue weighted by Gasteiger charge is -2.14. The molecule has 2 aromatic carbocycles. The van der Waals surface area contributed by atoms with Gasteiger partial charge in [0, 0.05) is 22.3 Å². The number of hydrogen-bond acceptors (Lipinski definition) is 7. The molecule has 0 fully saturated rings. The third kappa shape index (κ3) is 5.98. The van der Waals surface area contributed by atoms with Crippen molar-refractivity contribution in [2.75, 3.05) is 12.0 Å². The minimum absolute atomic E-state index is 0.0316. The maximum absolute atomic E-state index is 13.1. The molecule has 0 aliphatic rings. The van der Waals surface area contributed by atoms with Gasteiger partial charge in [-0.15, -0.1) is 0 Å². The van der Waals surface area contributed by atoms with E-state index in [1.807, 2.05) is 6.92 Å². The smallest absolute Gasteiger partial charge is 0.313 e. The van der Waals surface area contributed by atoms with Gasteiger partial charge in [-0.25, -0.2) is 9.37 Å². The van der Waals surface area contributed by atoms with E-state index in [0.29, 0.717) is 28.1 Å². The lowest BCUT2D eigenvalue weighted by Crippen LogP contribution is -2.02. The molecule has 31 heavy (non-hydrogen) atoms. The number of anilines is 1. The predicted octanol–water partition coefficient (Wildman–Crippen LogP) is 5.32. The summed E-state index contributed by atoms with van der Waals surface area (Å²) in [6.45, 7) is 2.51. The SMILES string of the molecule is CCOc1cc(/C=N\Nc2ncccc2[N+](=O)[O-])c(Br)cc1OCc1ccc(F)cc1. The van der Waals surface area contributed by atoms with Crippen molar-refractivity contribution in [1.29, 1.82) is 0 Å². The van der Waals surface area contributed by atoms with Crippen molar-refractivity contribution in [2.24, 2.45) is 5.10 Å². The number of benzene rings is 2. The zero-order chi connectivity index (χ0) is 22.2. The van der Waals surface area contributed by atoms with Gasteiger partial charge in [0.2, 0.25) is 5.82 Å². The van der Waals surface area contributed by atoms with Crippen LogP contribution in [0.15, 0.2) is 64.3 Å². The zero-order valence-electron chi connectivity index (χ0n) is 16.4. The van der Waals surface area contributed by atoms with E-state index in [1.54, 1.807) is 24.3 Å². The van der Waals surface area contributed by atoms with Crippen LogP contribution < -0.4 is 14.9 Å². The number of nitrogens with zero attached hydrogens (tertiary/aromatic N) is 3. The fourth-order valence-electron chi connectivity index (χ4n) is 2.57. The van der Waals surface area contributed by atoms with Crippen molar-refractivity contribution in [3.05, 3.63) is 86.3 Å². The largest absolute Gasteiger partial charge is 0.490 e. The van der Waals surface area contributed by atoms with Crippen LogP contribution in [0.25, 0.3) is 0 Å². The highest BCUT2D eigenvalue weighted by Gasteiger charge is 2.14. The van der Waals surface area contributed by atoms with Crippen LogP contribution in [0.5, 0.6) is 11.5 Å². The highest BCUT2D eigenvalue weighted by molar-refractivity contribution is 9.10. The van der Waals surface area contributed by atoms with Crippen LogP contribution >= 0.6 is 15.9 Å². The highest BCUT2D eigenvalue weighted by Crippen LogP contribution is 2.34. The first-order valence-corrected chi connectivity index (χ1v) is 9.99. The Kier molecular flexibility index (Phi) is 7.50. The fourth-order valence-corrected chi connectivity index (χ4v) is 2.99. The molecule has 160 valence electrons. The van der Waals surface area contributed by atoms with Crippen LogP contribution in [0, 0.1) is 15.9 Å². The van der Waals surface area contributed by atoms with E-state index in [1.165, 1.54) is 36.7 Å². The van der Waals surface area contributed by atoms with Crippen molar-refractivity contribution < 1.29 is 18.8 Å². The first-order valence-electron chi connectivity index (χ1n) is 9.20. The minimum atomic E-state index is -0.540. The second-order valence-electron chi connectivity index (χ2n) is 6.17. The van der Waals surface area contributed by atoms with E-state index in [2.05, 4.69) is 31.4 Å². The Hall–Kier alpha value is -3.53. The molecule has 0 saturated heterocycles. The number of nitro groups is 1. The average molecular weight is 489 g/mol. The molecule has 0 atom stereocenters. The molecule has 8 nitrogen and oxygen atoms in total.